The molecular weight excluding hydrogens is 224 g/mol. The molecule has 2 aliphatic rings. The fraction of sp³-hybridized carbons (Fsp3) is 1.00. The average molecular weight is 247 g/mol. The summed E-state index contributed by atoms with van der Waals surface area (Å²) in [4.78, 5) is 1.91. The summed E-state index contributed by atoms with van der Waals surface area (Å²) >= 11 is 0. The zero-order valence-electron chi connectivity index (χ0n) is 10.7. The van der Waals surface area contributed by atoms with Crippen molar-refractivity contribution in [3.8, 4) is 0 Å². The van der Waals surface area contributed by atoms with Gasteiger partial charge < -0.3 is 5.11 Å². The molecule has 0 spiro atoms. The summed E-state index contributed by atoms with van der Waals surface area (Å²) < 4.78 is 26.5. The Kier molecular flexibility index (Phi) is 3.74. The number of hydrogen-bond donors (Lipinski definition) is 1. The maximum Gasteiger partial charge on any atom is 0.261 e. The Morgan fingerprint density at radius 3 is 2.53 bits per heavy atom. The minimum atomic E-state index is -2.52. The van der Waals surface area contributed by atoms with Gasteiger partial charge in [0.05, 0.1) is 12.6 Å². The van der Waals surface area contributed by atoms with E-state index in [1.165, 1.54) is 0 Å². The number of rotatable bonds is 2. The molecule has 1 saturated carbocycles. The quantitative estimate of drug-likeness (QED) is 0.810. The van der Waals surface area contributed by atoms with Gasteiger partial charge in [-0.05, 0) is 31.1 Å². The Morgan fingerprint density at radius 1 is 1.29 bits per heavy atom. The van der Waals surface area contributed by atoms with E-state index in [1.54, 1.807) is 0 Å². The molecule has 1 N–H and O–H groups in total. The van der Waals surface area contributed by atoms with Crippen molar-refractivity contribution in [2.75, 3.05) is 13.1 Å². The third kappa shape index (κ3) is 2.97. The molecule has 0 aromatic rings. The number of nitrogens with zero attached hydrogens (tertiary/aromatic N) is 1. The molecular formula is C13H23F2NO. The van der Waals surface area contributed by atoms with Gasteiger partial charge in [0, 0.05) is 19.0 Å². The van der Waals surface area contributed by atoms with Crippen molar-refractivity contribution in [1.82, 2.24) is 4.90 Å². The molecule has 0 bridgehead atoms. The van der Waals surface area contributed by atoms with Crippen LogP contribution in [0.5, 0.6) is 0 Å². The lowest BCUT2D eigenvalue weighted by Gasteiger charge is -2.41. The molecule has 2 fully saturated rings. The Morgan fingerprint density at radius 2 is 2.00 bits per heavy atom. The fourth-order valence-electron chi connectivity index (χ4n) is 3.39. The standard InChI is InChI=1S/C13H23F2NO/c1-9(2)11-4-3-10(17)7-12(11)16-6-5-13(14,15)8-16/h9-12,17H,3-8H2,1-2H3. The number of likely N-dealkylation sites (tertiary alicyclic amines) is 1. The molecule has 0 aromatic carbocycles. The summed E-state index contributed by atoms with van der Waals surface area (Å²) in [5, 5.41) is 9.76. The lowest BCUT2D eigenvalue weighted by molar-refractivity contribution is -0.0178. The highest BCUT2D eigenvalue weighted by atomic mass is 19.3. The van der Waals surface area contributed by atoms with Crippen LogP contribution in [0.25, 0.3) is 0 Å². The maximum atomic E-state index is 13.3. The van der Waals surface area contributed by atoms with Crippen molar-refractivity contribution in [2.45, 2.75) is 57.6 Å². The topological polar surface area (TPSA) is 23.5 Å². The van der Waals surface area contributed by atoms with Crippen molar-refractivity contribution in [3.63, 3.8) is 0 Å². The first kappa shape index (κ1) is 13.2. The zero-order chi connectivity index (χ0) is 12.6. The van der Waals surface area contributed by atoms with E-state index in [1.807, 2.05) is 4.90 Å². The van der Waals surface area contributed by atoms with Gasteiger partial charge in [0.2, 0.25) is 0 Å². The Bertz CT molecular complexity index is 270. The van der Waals surface area contributed by atoms with Gasteiger partial charge in [-0.25, -0.2) is 8.78 Å². The smallest absolute Gasteiger partial charge is 0.261 e. The van der Waals surface area contributed by atoms with Crippen molar-refractivity contribution in [3.05, 3.63) is 0 Å². The predicted molar refractivity (Wildman–Crippen MR) is 63.1 cm³/mol. The minimum absolute atomic E-state index is 0.0234. The average Bonchev–Trinajstić information content (AvgIpc) is 2.58. The van der Waals surface area contributed by atoms with E-state index in [0.29, 0.717) is 24.8 Å². The minimum Gasteiger partial charge on any atom is -0.393 e. The van der Waals surface area contributed by atoms with Crippen LogP contribution in [0.15, 0.2) is 0 Å². The summed E-state index contributed by atoms with van der Waals surface area (Å²) in [7, 11) is 0. The van der Waals surface area contributed by atoms with Crippen LogP contribution in [-0.2, 0) is 0 Å². The van der Waals surface area contributed by atoms with Gasteiger partial charge in [0.15, 0.2) is 0 Å². The van der Waals surface area contributed by atoms with Crippen LogP contribution < -0.4 is 0 Å². The molecule has 0 aromatic heterocycles. The number of alkyl halides is 2. The molecule has 0 radical (unpaired) electrons. The van der Waals surface area contributed by atoms with Crippen LogP contribution in [0.1, 0.15) is 39.5 Å². The van der Waals surface area contributed by atoms with Crippen LogP contribution >= 0.6 is 0 Å². The number of aliphatic hydroxyl groups excluding tert-OH is 1. The Balaban J connectivity index is 2.05. The van der Waals surface area contributed by atoms with Crippen molar-refractivity contribution in [1.29, 1.82) is 0 Å². The molecule has 4 heteroatoms. The SMILES string of the molecule is CC(C)C1CCC(O)CC1N1CCC(F)(F)C1. The fourth-order valence-corrected chi connectivity index (χ4v) is 3.39. The van der Waals surface area contributed by atoms with Gasteiger partial charge >= 0.3 is 0 Å². The van der Waals surface area contributed by atoms with Crippen molar-refractivity contribution in [2.24, 2.45) is 11.8 Å². The summed E-state index contributed by atoms with van der Waals surface area (Å²) in [6.07, 6.45) is 2.13. The molecule has 1 aliphatic carbocycles. The third-order valence-corrected chi connectivity index (χ3v) is 4.37. The van der Waals surface area contributed by atoms with Gasteiger partial charge in [-0.1, -0.05) is 13.8 Å². The normalized spacial score (nSPS) is 38.8. The number of aliphatic hydroxyl groups is 1. The van der Waals surface area contributed by atoms with Gasteiger partial charge in [0.25, 0.3) is 5.92 Å². The van der Waals surface area contributed by atoms with Gasteiger partial charge in [-0.3, -0.25) is 4.90 Å². The van der Waals surface area contributed by atoms with Crippen LogP contribution in [0, 0.1) is 11.8 Å². The molecule has 100 valence electrons. The Hall–Kier alpha value is -0.220. The molecule has 3 atom stereocenters. The number of halogens is 2. The maximum absolute atomic E-state index is 13.3. The second kappa shape index (κ2) is 4.81. The van der Waals surface area contributed by atoms with Crippen LogP contribution in [-0.4, -0.2) is 41.2 Å². The van der Waals surface area contributed by atoms with Gasteiger partial charge in [-0.2, -0.15) is 0 Å². The summed E-state index contributed by atoms with van der Waals surface area (Å²) in [6.45, 7) is 4.67. The highest BCUT2D eigenvalue weighted by Gasteiger charge is 2.44. The molecule has 3 unspecified atom stereocenters. The molecule has 0 amide bonds. The zero-order valence-corrected chi connectivity index (χ0v) is 10.7. The molecule has 1 saturated heterocycles. The first-order valence-electron chi connectivity index (χ1n) is 6.69. The summed E-state index contributed by atoms with van der Waals surface area (Å²) in [5.74, 6) is -1.57. The largest absolute Gasteiger partial charge is 0.393 e. The highest BCUT2D eigenvalue weighted by molar-refractivity contribution is 4.93. The van der Waals surface area contributed by atoms with Crippen LogP contribution in [0.2, 0.25) is 0 Å². The molecule has 2 rings (SSSR count). The first-order valence-corrected chi connectivity index (χ1v) is 6.69. The van der Waals surface area contributed by atoms with E-state index >= 15 is 0 Å². The lowest BCUT2D eigenvalue weighted by atomic mass is 9.76. The second-order valence-electron chi connectivity index (χ2n) is 6.02. The highest BCUT2D eigenvalue weighted by Crippen LogP contribution is 2.38. The van der Waals surface area contributed by atoms with E-state index in [-0.39, 0.29) is 25.1 Å². The monoisotopic (exact) mass is 247 g/mol. The van der Waals surface area contributed by atoms with E-state index in [4.69, 9.17) is 0 Å². The molecule has 17 heavy (non-hydrogen) atoms. The lowest BCUT2D eigenvalue weighted by Crippen LogP contribution is -2.47. The van der Waals surface area contributed by atoms with Crippen LogP contribution in [0.3, 0.4) is 0 Å². The second-order valence-corrected chi connectivity index (χ2v) is 6.02. The van der Waals surface area contributed by atoms with Gasteiger partial charge in [-0.15, -0.1) is 0 Å². The molecule has 2 nitrogen and oxygen atoms in total. The summed E-state index contributed by atoms with van der Waals surface area (Å²) in [6, 6.07) is 0.145. The molecule has 1 aliphatic heterocycles. The van der Waals surface area contributed by atoms with E-state index in [2.05, 4.69) is 13.8 Å². The van der Waals surface area contributed by atoms with Gasteiger partial charge in [0.1, 0.15) is 0 Å². The third-order valence-electron chi connectivity index (χ3n) is 4.37. The first-order chi connectivity index (χ1) is 7.89. The Labute approximate surface area is 102 Å². The molecule has 1 heterocycles. The van der Waals surface area contributed by atoms with E-state index in [0.717, 1.165) is 12.8 Å². The van der Waals surface area contributed by atoms with Crippen molar-refractivity contribution >= 4 is 0 Å². The van der Waals surface area contributed by atoms with E-state index < -0.39 is 5.92 Å². The van der Waals surface area contributed by atoms with Crippen molar-refractivity contribution < 1.29 is 13.9 Å². The van der Waals surface area contributed by atoms with E-state index in [9.17, 15) is 13.9 Å². The predicted octanol–water partition coefficient (Wildman–Crippen LogP) is 2.51. The number of hydrogen-bond acceptors (Lipinski definition) is 2. The van der Waals surface area contributed by atoms with Crippen LogP contribution in [0.4, 0.5) is 8.78 Å². The summed E-state index contributed by atoms with van der Waals surface area (Å²) in [5.41, 5.74) is 0.